The second-order valence-corrected chi connectivity index (χ2v) is 5.20. The fourth-order valence-corrected chi connectivity index (χ4v) is 2.31. The number of rotatable bonds is 5. The number of aryl methyl sites for hydroxylation is 1. The molecule has 2 aromatic rings. The summed E-state index contributed by atoms with van der Waals surface area (Å²) < 4.78 is 47.0. The largest absolute Gasteiger partial charge is 0.573 e. The van der Waals surface area contributed by atoms with Crippen LogP contribution in [0.15, 0.2) is 48.5 Å². The zero-order valence-corrected chi connectivity index (χ0v) is 13.8. The highest BCUT2D eigenvalue weighted by Gasteiger charge is 2.32. The van der Waals surface area contributed by atoms with Gasteiger partial charge in [0.05, 0.1) is 6.61 Å². The van der Waals surface area contributed by atoms with E-state index < -0.39 is 12.3 Å². The molecule has 6 heteroatoms. The normalized spacial score (nSPS) is 11.6. The van der Waals surface area contributed by atoms with Gasteiger partial charge in [-0.1, -0.05) is 30.3 Å². The molecule has 25 heavy (non-hydrogen) atoms. The van der Waals surface area contributed by atoms with Crippen LogP contribution in [0.3, 0.4) is 0 Å². The van der Waals surface area contributed by atoms with Crippen molar-refractivity contribution in [3.63, 3.8) is 0 Å². The van der Waals surface area contributed by atoms with E-state index in [2.05, 4.69) is 4.74 Å². The lowest BCUT2D eigenvalue weighted by Gasteiger charge is -2.15. The van der Waals surface area contributed by atoms with Crippen molar-refractivity contribution in [1.82, 2.24) is 0 Å². The van der Waals surface area contributed by atoms with Crippen molar-refractivity contribution < 1.29 is 27.4 Å². The lowest BCUT2D eigenvalue weighted by Crippen LogP contribution is -2.17. The van der Waals surface area contributed by atoms with Crippen LogP contribution < -0.4 is 4.74 Å². The molecule has 2 aromatic carbocycles. The molecule has 0 fully saturated rings. The molecule has 0 unspecified atom stereocenters. The van der Waals surface area contributed by atoms with E-state index in [0.717, 1.165) is 5.56 Å². The van der Waals surface area contributed by atoms with Crippen LogP contribution in [0.5, 0.6) is 5.75 Å². The highest BCUT2D eigenvalue weighted by atomic mass is 19.4. The van der Waals surface area contributed by atoms with Gasteiger partial charge in [0.1, 0.15) is 5.75 Å². The van der Waals surface area contributed by atoms with Gasteiger partial charge in [0, 0.05) is 11.6 Å². The number of hydrogen-bond acceptors (Lipinski definition) is 3. The summed E-state index contributed by atoms with van der Waals surface area (Å²) in [6.45, 7) is 3.73. The Labute approximate surface area is 143 Å². The van der Waals surface area contributed by atoms with E-state index in [1.54, 1.807) is 44.2 Å². The number of carbonyl (C=O) groups excluding carboxylic acids is 1. The average Bonchev–Trinajstić information content (AvgIpc) is 2.53. The minimum atomic E-state index is -4.79. The minimum Gasteiger partial charge on any atom is -0.463 e. The third kappa shape index (κ3) is 5.38. The fourth-order valence-electron chi connectivity index (χ4n) is 2.31. The van der Waals surface area contributed by atoms with Gasteiger partial charge in [-0.05, 0) is 48.7 Å². The minimum absolute atomic E-state index is 0.246. The Morgan fingerprint density at radius 2 is 1.84 bits per heavy atom. The van der Waals surface area contributed by atoms with E-state index in [4.69, 9.17) is 4.74 Å². The first-order valence-corrected chi connectivity index (χ1v) is 7.61. The lowest BCUT2D eigenvalue weighted by atomic mass is 9.98. The molecule has 0 aliphatic heterocycles. The molecule has 0 amide bonds. The van der Waals surface area contributed by atoms with Gasteiger partial charge in [0.2, 0.25) is 0 Å². The zero-order valence-electron chi connectivity index (χ0n) is 13.8. The highest BCUT2D eigenvalue weighted by Crippen LogP contribution is 2.36. The highest BCUT2D eigenvalue weighted by molar-refractivity contribution is 5.87. The summed E-state index contributed by atoms with van der Waals surface area (Å²) in [5.41, 5.74) is 2.27. The van der Waals surface area contributed by atoms with E-state index in [1.165, 1.54) is 24.3 Å². The Kier molecular flexibility index (Phi) is 5.85. The maximum absolute atomic E-state index is 12.7. The van der Waals surface area contributed by atoms with Crippen LogP contribution in [-0.4, -0.2) is 18.9 Å². The van der Waals surface area contributed by atoms with E-state index in [9.17, 15) is 18.0 Å². The summed E-state index contributed by atoms with van der Waals surface area (Å²) in [6.07, 6.45) is -2.08. The molecule has 0 atom stereocenters. The monoisotopic (exact) mass is 350 g/mol. The Hall–Kier alpha value is -2.76. The molecule has 132 valence electrons. The van der Waals surface area contributed by atoms with Gasteiger partial charge in [0.25, 0.3) is 0 Å². The quantitative estimate of drug-likeness (QED) is 0.553. The van der Waals surface area contributed by atoms with E-state index in [1.807, 2.05) is 0 Å². The Morgan fingerprint density at radius 3 is 2.48 bits per heavy atom. The van der Waals surface area contributed by atoms with Crippen LogP contribution in [0.2, 0.25) is 0 Å². The Bertz CT molecular complexity index is 780. The van der Waals surface area contributed by atoms with Crippen LogP contribution >= 0.6 is 0 Å². The molecule has 0 radical (unpaired) electrons. The van der Waals surface area contributed by atoms with Gasteiger partial charge in [-0.25, -0.2) is 4.79 Å². The Morgan fingerprint density at radius 1 is 1.12 bits per heavy atom. The molecule has 2 rings (SSSR count). The summed E-state index contributed by atoms with van der Waals surface area (Å²) >= 11 is 0. The number of halogens is 3. The van der Waals surface area contributed by atoms with E-state index in [-0.39, 0.29) is 12.4 Å². The summed E-state index contributed by atoms with van der Waals surface area (Å²) in [5, 5.41) is 0. The second-order valence-electron chi connectivity index (χ2n) is 5.20. The lowest BCUT2D eigenvalue weighted by molar-refractivity contribution is -0.274. The number of carbonyl (C=O) groups is 1. The predicted molar refractivity (Wildman–Crippen MR) is 89.0 cm³/mol. The van der Waals surface area contributed by atoms with Gasteiger partial charge in [-0.2, -0.15) is 0 Å². The molecular weight excluding hydrogens is 333 g/mol. The van der Waals surface area contributed by atoms with Crippen molar-refractivity contribution in [3.8, 4) is 16.9 Å². The molecule has 3 nitrogen and oxygen atoms in total. The summed E-state index contributed by atoms with van der Waals surface area (Å²) in [6, 6.07) is 11.3. The molecule has 0 aliphatic carbocycles. The molecular formula is C19H17F3O3. The first-order valence-electron chi connectivity index (χ1n) is 7.61. The first kappa shape index (κ1) is 18.6. The maximum atomic E-state index is 12.7. The van der Waals surface area contributed by atoms with Gasteiger partial charge in [-0.15, -0.1) is 13.2 Å². The SMILES string of the molecule is CCOC(=O)/C=C/c1ccc(OC(F)(F)F)c(-c2ccccc2C)c1. The molecule has 0 saturated carbocycles. The van der Waals surface area contributed by atoms with Crippen molar-refractivity contribution in [2.75, 3.05) is 6.61 Å². The van der Waals surface area contributed by atoms with Crippen molar-refractivity contribution in [2.24, 2.45) is 0 Å². The molecule has 0 bridgehead atoms. The van der Waals surface area contributed by atoms with E-state index >= 15 is 0 Å². The molecule has 0 N–H and O–H groups in total. The summed E-state index contributed by atoms with van der Waals surface area (Å²) in [7, 11) is 0. The van der Waals surface area contributed by atoms with Gasteiger partial charge in [0.15, 0.2) is 0 Å². The van der Waals surface area contributed by atoms with Crippen molar-refractivity contribution in [1.29, 1.82) is 0 Å². The van der Waals surface area contributed by atoms with Crippen LogP contribution in [0, 0.1) is 6.92 Å². The number of ether oxygens (including phenoxy) is 2. The number of hydrogen-bond donors (Lipinski definition) is 0. The predicted octanol–water partition coefficient (Wildman–Crippen LogP) is 5.14. The molecule has 0 aromatic heterocycles. The van der Waals surface area contributed by atoms with Crippen LogP contribution in [0.25, 0.3) is 17.2 Å². The molecule has 0 saturated heterocycles. The van der Waals surface area contributed by atoms with Crippen molar-refractivity contribution in [2.45, 2.75) is 20.2 Å². The number of benzene rings is 2. The third-order valence-electron chi connectivity index (χ3n) is 3.36. The van der Waals surface area contributed by atoms with Gasteiger partial charge < -0.3 is 9.47 Å². The fraction of sp³-hybridized carbons (Fsp3) is 0.211. The van der Waals surface area contributed by atoms with E-state index in [0.29, 0.717) is 16.7 Å². The Balaban J connectivity index is 2.46. The molecule has 0 aliphatic rings. The van der Waals surface area contributed by atoms with Crippen molar-refractivity contribution in [3.05, 3.63) is 59.7 Å². The maximum Gasteiger partial charge on any atom is 0.573 e. The number of alkyl halides is 3. The average molecular weight is 350 g/mol. The summed E-state index contributed by atoms with van der Waals surface area (Å²) in [5.74, 6) is -0.814. The standard InChI is InChI=1S/C19H17F3O3/c1-3-24-18(23)11-9-14-8-10-17(25-19(20,21)22)16(12-14)15-7-5-4-6-13(15)2/h4-12H,3H2,1-2H3/b11-9+. The second kappa shape index (κ2) is 7.88. The first-order chi connectivity index (χ1) is 11.8. The topological polar surface area (TPSA) is 35.5 Å². The van der Waals surface area contributed by atoms with Gasteiger partial charge in [-0.3, -0.25) is 0 Å². The smallest absolute Gasteiger partial charge is 0.463 e. The third-order valence-corrected chi connectivity index (χ3v) is 3.36. The molecule has 0 heterocycles. The van der Waals surface area contributed by atoms with Crippen molar-refractivity contribution >= 4 is 12.0 Å². The van der Waals surface area contributed by atoms with Crippen LogP contribution in [0.1, 0.15) is 18.1 Å². The molecule has 0 spiro atoms. The van der Waals surface area contributed by atoms with Crippen LogP contribution in [0.4, 0.5) is 13.2 Å². The van der Waals surface area contributed by atoms with Crippen LogP contribution in [-0.2, 0) is 9.53 Å². The zero-order chi connectivity index (χ0) is 18.4. The summed E-state index contributed by atoms with van der Waals surface area (Å²) in [4.78, 5) is 11.4. The number of esters is 1. The van der Waals surface area contributed by atoms with Gasteiger partial charge >= 0.3 is 12.3 Å².